The first-order valence-corrected chi connectivity index (χ1v) is 10.3. The summed E-state index contributed by atoms with van der Waals surface area (Å²) in [4.78, 5) is 29.5. The van der Waals surface area contributed by atoms with Gasteiger partial charge in [0.25, 0.3) is 11.8 Å². The second kappa shape index (κ2) is 7.64. The largest absolute Gasteiger partial charge is 0.335 e. The minimum absolute atomic E-state index is 0.0301. The molecule has 0 N–H and O–H groups in total. The average Bonchev–Trinajstić information content (AvgIpc) is 3.33. The molecular weight excluding hydrogens is 370 g/mol. The van der Waals surface area contributed by atoms with Crippen LogP contribution in [0.5, 0.6) is 0 Å². The van der Waals surface area contributed by atoms with E-state index in [0.29, 0.717) is 31.7 Å². The third-order valence-electron chi connectivity index (χ3n) is 5.22. The van der Waals surface area contributed by atoms with E-state index in [-0.39, 0.29) is 11.8 Å². The van der Waals surface area contributed by atoms with E-state index in [9.17, 15) is 9.59 Å². The Hall–Kier alpha value is -2.86. The lowest BCUT2D eigenvalue weighted by atomic mass is 10.1. The molecule has 0 unspecified atom stereocenters. The van der Waals surface area contributed by atoms with Crippen LogP contribution in [0.1, 0.15) is 32.1 Å². The van der Waals surface area contributed by atoms with Crippen molar-refractivity contribution in [2.24, 2.45) is 0 Å². The highest BCUT2D eigenvalue weighted by Crippen LogP contribution is 2.27. The number of benzene rings is 1. The molecule has 1 aliphatic heterocycles. The number of carbonyl (C=O) groups is 2. The quantitative estimate of drug-likeness (QED) is 0.680. The van der Waals surface area contributed by atoms with Crippen LogP contribution >= 0.6 is 11.3 Å². The van der Waals surface area contributed by atoms with Crippen molar-refractivity contribution in [3.05, 3.63) is 76.4 Å². The normalized spacial score (nSPS) is 14.4. The average molecular weight is 394 g/mol. The molecule has 1 aliphatic rings. The number of aromatic nitrogens is 1. The molecule has 0 radical (unpaired) electrons. The standard InChI is InChI=1S/C22H23N3O2S/c1-16-8-9-17(2)25(16)22-19(10-15-28-22)21(27)24-13-11-23(12-14-24)20(26)18-6-4-3-5-7-18/h3-10,15H,11-14H2,1-2H3. The molecule has 1 saturated heterocycles. The zero-order valence-electron chi connectivity index (χ0n) is 16.1. The summed E-state index contributed by atoms with van der Waals surface area (Å²) in [5.74, 6) is 0.0677. The third-order valence-corrected chi connectivity index (χ3v) is 6.12. The van der Waals surface area contributed by atoms with E-state index in [1.54, 1.807) is 11.3 Å². The van der Waals surface area contributed by atoms with Crippen LogP contribution in [0.2, 0.25) is 0 Å². The summed E-state index contributed by atoms with van der Waals surface area (Å²) >= 11 is 1.58. The van der Waals surface area contributed by atoms with Crippen LogP contribution in [0.3, 0.4) is 0 Å². The van der Waals surface area contributed by atoms with Gasteiger partial charge in [-0.3, -0.25) is 9.59 Å². The highest BCUT2D eigenvalue weighted by Gasteiger charge is 2.27. The van der Waals surface area contributed by atoms with Crippen molar-refractivity contribution in [1.29, 1.82) is 0 Å². The highest BCUT2D eigenvalue weighted by atomic mass is 32.1. The van der Waals surface area contributed by atoms with Crippen LogP contribution in [0, 0.1) is 13.8 Å². The number of piperazine rings is 1. The summed E-state index contributed by atoms with van der Waals surface area (Å²) in [6.45, 7) is 6.32. The van der Waals surface area contributed by atoms with Gasteiger partial charge in [0.05, 0.1) is 5.56 Å². The molecule has 2 aromatic heterocycles. The Balaban J connectivity index is 1.47. The molecule has 0 saturated carbocycles. The molecule has 0 atom stereocenters. The SMILES string of the molecule is Cc1ccc(C)n1-c1sccc1C(=O)N1CCN(C(=O)c2ccccc2)CC1. The lowest BCUT2D eigenvalue weighted by molar-refractivity contribution is 0.0536. The van der Waals surface area contributed by atoms with Gasteiger partial charge in [0.15, 0.2) is 0 Å². The van der Waals surface area contributed by atoms with Crippen LogP contribution in [0.4, 0.5) is 0 Å². The summed E-state index contributed by atoms with van der Waals surface area (Å²) in [7, 11) is 0. The second-order valence-electron chi connectivity index (χ2n) is 7.04. The van der Waals surface area contributed by atoms with Crippen LogP contribution in [-0.2, 0) is 0 Å². The minimum atomic E-state index is 0.0301. The van der Waals surface area contributed by atoms with Gasteiger partial charge < -0.3 is 14.4 Å². The Labute approximate surface area is 168 Å². The van der Waals surface area contributed by atoms with E-state index in [1.165, 1.54) is 0 Å². The van der Waals surface area contributed by atoms with Gasteiger partial charge in [0.1, 0.15) is 5.00 Å². The van der Waals surface area contributed by atoms with Crippen LogP contribution < -0.4 is 0 Å². The molecule has 4 rings (SSSR count). The summed E-state index contributed by atoms with van der Waals surface area (Å²) in [5, 5.41) is 2.93. The number of nitrogens with zero attached hydrogens (tertiary/aromatic N) is 3. The van der Waals surface area contributed by atoms with Gasteiger partial charge in [-0.15, -0.1) is 11.3 Å². The molecule has 3 aromatic rings. The Bertz CT molecular complexity index is 978. The van der Waals surface area contributed by atoms with Crippen molar-refractivity contribution in [3.8, 4) is 5.00 Å². The van der Waals surface area contributed by atoms with E-state index in [1.807, 2.05) is 51.6 Å². The number of hydrogen-bond acceptors (Lipinski definition) is 3. The van der Waals surface area contributed by atoms with E-state index in [0.717, 1.165) is 22.0 Å². The fourth-order valence-electron chi connectivity index (χ4n) is 3.67. The molecular formula is C22H23N3O2S. The molecule has 0 aliphatic carbocycles. The molecule has 3 heterocycles. The van der Waals surface area contributed by atoms with Gasteiger partial charge in [-0.2, -0.15) is 0 Å². The van der Waals surface area contributed by atoms with Crippen molar-refractivity contribution in [2.45, 2.75) is 13.8 Å². The number of carbonyl (C=O) groups excluding carboxylic acids is 2. The number of thiophene rings is 1. The topological polar surface area (TPSA) is 45.6 Å². The van der Waals surface area contributed by atoms with Gasteiger partial charge in [-0.25, -0.2) is 0 Å². The predicted octanol–water partition coefficient (Wildman–Crippen LogP) is 3.75. The van der Waals surface area contributed by atoms with Crippen molar-refractivity contribution in [3.63, 3.8) is 0 Å². The zero-order valence-corrected chi connectivity index (χ0v) is 16.9. The zero-order chi connectivity index (χ0) is 19.7. The van der Waals surface area contributed by atoms with Crippen LogP contribution in [-0.4, -0.2) is 52.4 Å². The fraction of sp³-hybridized carbons (Fsp3) is 0.273. The molecule has 0 spiro atoms. The molecule has 28 heavy (non-hydrogen) atoms. The number of hydrogen-bond donors (Lipinski definition) is 0. The second-order valence-corrected chi connectivity index (χ2v) is 7.94. The first kappa shape index (κ1) is 18.5. The van der Waals surface area contributed by atoms with Gasteiger partial charge in [-0.05, 0) is 49.6 Å². The van der Waals surface area contributed by atoms with Gasteiger partial charge in [-0.1, -0.05) is 18.2 Å². The van der Waals surface area contributed by atoms with Crippen molar-refractivity contribution in [2.75, 3.05) is 26.2 Å². The first-order valence-electron chi connectivity index (χ1n) is 9.42. The number of rotatable bonds is 3. The Morgan fingerprint density at radius 2 is 1.36 bits per heavy atom. The monoisotopic (exact) mass is 393 g/mol. The van der Waals surface area contributed by atoms with Gasteiger partial charge >= 0.3 is 0 Å². The Morgan fingerprint density at radius 1 is 0.786 bits per heavy atom. The van der Waals surface area contributed by atoms with Crippen LogP contribution in [0.15, 0.2) is 53.9 Å². The minimum Gasteiger partial charge on any atom is -0.335 e. The van der Waals surface area contributed by atoms with Gasteiger partial charge in [0.2, 0.25) is 0 Å². The van der Waals surface area contributed by atoms with Crippen molar-refractivity contribution in [1.82, 2.24) is 14.4 Å². The Kier molecular flexibility index (Phi) is 5.05. The van der Waals surface area contributed by atoms with Crippen molar-refractivity contribution >= 4 is 23.2 Å². The lowest BCUT2D eigenvalue weighted by Gasteiger charge is -2.35. The number of amides is 2. The first-order chi connectivity index (χ1) is 13.6. The molecule has 144 valence electrons. The molecule has 6 heteroatoms. The van der Waals surface area contributed by atoms with Crippen LogP contribution in [0.25, 0.3) is 5.00 Å². The summed E-state index contributed by atoms with van der Waals surface area (Å²) in [5.41, 5.74) is 3.66. The molecule has 1 aromatic carbocycles. The predicted molar refractivity (Wildman–Crippen MR) is 111 cm³/mol. The smallest absolute Gasteiger partial charge is 0.256 e. The molecule has 5 nitrogen and oxygen atoms in total. The third kappa shape index (κ3) is 3.36. The fourth-order valence-corrected chi connectivity index (χ4v) is 4.68. The number of aryl methyl sites for hydroxylation is 2. The maximum atomic E-state index is 13.2. The highest BCUT2D eigenvalue weighted by molar-refractivity contribution is 7.13. The molecule has 1 fully saturated rings. The molecule has 2 amide bonds. The van der Waals surface area contributed by atoms with E-state index < -0.39 is 0 Å². The summed E-state index contributed by atoms with van der Waals surface area (Å²) in [6, 6.07) is 15.3. The van der Waals surface area contributed by atoms with E-state index in [2.05, 4.69) is 30.5 Å². The maximum absolute atomic E-state index is 13.2. The molecule has 0 bridgehead atoms. The van der Waals surface area contributed by atoms with E-state index >= 15 is 0 Å². The maximum Gasteiger partial charge on any atom is 0.256 e. The summed E-state index contributed by atoms with van der Waals surface area (Å²) in [6.07, 6.45) is 0. The van der Waals surface area contributed by atoms with Gasteiger partial charge in [0, 0.05) is 43.1 Å². The summed E-state index contributed by atoms with van der Waals surface area (Å²) < 4.78 is 2.13. The Morgan fingerprint density at radius 3 is 1.96 bits per heavy atom. The lowest BCUT2D eigenvalue weighted by Crippen LogP contribution is -2.50. The van der Waals surface area contributed by atoms with E-state index in [4.69, 9.17) is 0 Å². The van der Waals surface area contributed by atoms with Crippen molar-refractivity contribution < 1.29 is 9.59 Å².